The fourth-order valence-corrected chi connectivity index (χ4v) is 2.52. The van der Waals surface area contributed by atoms with E-state index in [-0.39, 0.29) is 0 Å². The molecule has 0 N–H and O–H groups in total. The summed E-state index contributed by atoms with van der Waals surface area (Å²) in [5.74, 6) is 0.866. The Hall–Kier alpha value is -1.06. The molecule has 2 nitrogen and oxygen atoms in total. The Balaban J connectivity index is 2.09. The van der Waals surface area contributed by atoms with Gasteiger partial charge in [0.15, 0.2) is 5.15 Å². The summed E-state index contributed by atoms with van der Waals surface area (Å²) in [5, 5.41) is 1.26. The molecule has 1 heterocycles. The lowest BCUT2D eigenvalue weighted by Gasteiger charge is -2.05. The molecular formula is C12H11ClN2S. The summed E-state index contributed by atoms with van der Waals surface area (Å²) in [6, 6.07) is 8.31. The summed E-state index contributed by atoms with van der Waals surface area (Å²) in [4.78, 5) is 8.19. The molecule has 0 radical (unpaired) electrons. The van der Waals surface area contributed by atoms with E-state index in [0.717, 1.165) is 10.8 Å². The smallest absolute Gasteiger partial charge is 0.161 e. The molecule has 0 amide bonds. The van der Waals surface area contributed by atoms with Gasteiger partial charge in [-0.15, -0.1) is 0 Å². The van der Waals surface area contributed by atoms with Crippen LogP contribution >= 0.6 is 23.4 Å². The lowest BCUT2D eigenvalue weighted by Crippen LogP contribution is -1.88. The molecule has 1 aromatic heterocycles. The van der Waals surface area contributed by atoms with E-state index in [4.69, 9.17) is 11.6 Å². The number of nitrogens with zero attached hydrogens (tertiary/aromatic N) is 2. The number of benzene rings is 1. The number of hydrogen-bond acceptors (Lipinski definition) is 3. The molecule has 0 saturated heterocycles. The third-order valence-corrected chi connectivity index (χ3v) is 3.66. The van der Waals surface area contributed by atoms with Gasteiger partial charge in [0.05, 0.1) is 0 Å². The van der Waals surface area contributed by atoms with E-state index in [9.17, 15) is 0 Å². The van der Waals surface area contributed by atoms with Crippen molar-refractivity contribution < 1.29 is 0 Å². The van der Waals surface area contributed by atoms with Crippen LogP contribution in [-0.2, 0) is 5.75 Å². The van der Waals surface area contributed by atoms with Crippen molar-refractivity contribution in [2.45, 2.75) is 17.7 Å². The summed E-state index contributed by atoms with van der Waals surface area (Å²) in [6.45, 7) is 2.11. The lowest BCUT2D eigenvalue weighted by atomic mass is 10.1. The van der Waals surface area contributed by atoms with Gasteiger partial charge >= 0.3 is 0 Å². The van der Waals surface area contributed by atoms with Crippen LogP contribution in [0.4, 0.5) is 0 Å². The van der Waals surface area contributed by atoms with Gasteiger partial charge in [-0.05, 0) is 18.1 Å². The van der Waals surface area contributed by atoms with Crippen LogP contribution in [0, 0.1) is 6.92 Å². The zero-order valence-corrected chi connectivity index (χ0v) is 10.4. The number of halogens is 1. The van der Waals surface area contributed by atoms with Crippen molar-refractivity contribution in [3.63, 3.8) is 0 Å². The Labute approximate surface area is 104 Å². The van der Waals surface area contributed by atoms with Crippen LogP contribution < -0.4 is 0 Å². The van der Waals surface area contributed by atoms with Gasteiger partial charge in [-0.2, -0.15) is 0 Å². The SMILES string of the molecule is Cc1ccccc1CSc1nccnc1Cl. The van der Waals surface area contributed by atoms with Crippen LogP contribution in [0.5, 0.6) is 0 Å². The van der Waals surface area contributed by atoms with Crippen molar-refractivity contribution in [1.82, 2.24) is 9.97 Å². The van der Waals surface area contributed by atoms with E-state index >= 15 is 0 Å². The fraction of sp³-hybridized carbons (Fsp3) is 0.167. The van der Waals surface area contributed by atoms with Crippen LogP contribution in [0.15, 0.2) is 41.7 Å². The summed E-state index contributed by atoms with van der Waals surface area (Å²) in [7, 11) is 0. The molecule has 0 spiro atoms. The van der Waals surface area contributed by atoms with Crippen LogP contribution in [0.3, 0.4) is 0 Å². The van der Waals surface area contributed by atoms with Gasteiger partial charge in [0.2, 0.25) is 0 Å². The first kappa shape index (κ1) is 11.4. The van der Waals surface area contributed by atoms with Gasteiger partial charge in [-0.3, -0.25) is 0 Å². The van der Waals surface area contributed by atoms with E-state index in [2.05, 4.69) is 29.0 Å². The predicted molar refractivity (Wildman–Crippen MR) is 67.8 cm³/mol. The van der Waals surface area contributed by atoms with Gasteiger partial charge in [-0.1, -0.05) is 47.6 Å². The van der Waals surface area contributed by atoms with E-state index in [0.29, 0.717) is 5.15 Å². The molecule has 0 aliphatic carbocycles. The van der Waals surface area contributed by atoms with Crippen molar-refractivity contribution in [1.29, 1.82) is 0 Å². The number of aryl methyl sites for hydroxylation is 1. The van der Waals surface area contributed by atoms with Crippen LogP contribution in [0.25, 0.3) is 0 Å². The van der Waals surface area contributed by atoms with E-state index in [1.54, 1.807) is 24.2 Å². The first-order chi connectivity index (χ1) is 7.77. The maximum absolute atomic E-state index is 5.94. The lowest BCUT2D eigenvalue weighted by molar-refractivity contribution is 1.05. The summed E-state index contributed by atoms with van der Waals surface area (Å²) < 4.78 is 0. The Kier molecular flexibility index (Phi) is 3.80. The first-order valence-electron chi connectivity index (χ1n) is 4.91. The quantitative estimate of drug-likeness (QED) is 0.777. The average Bonchev–Trinajstić information content (AvgIpc) is 2.30. The van der Waals surface area contributed by atoms with E-state index in [1.807, 2.05) is 12.1 Å². The van der Waals surface area contributed by atoms with Gasteiger partial charge in [-0.25, -0.2) is 9.97 Å². The molecule has 0 saturated carbocycles. The summed E-state index contributed by atoms with van der Waals surface area (Å²) in [6.07, 6.45) is 3.26. The monoisotopic (exact) mass is 250 g/mol. The summed E-state index contributed by atoms with van der Waals surface area (Å²) >= 11 is 7.54. The molecular weight excluding hydrogens is 240 g/mol. The van der Waals surface area contributed by atoms with Crippen molar-refractivity contribution in [2.24, 2.45) is 0 Å². The number of aromatic nitrogens is 2. The second-order valence-electron chi connectivity index (χ2n) is 3.37. The first-order valence-corrected chi connectivity index (χ1v) is 6.27. The predicted octanol–water partition coefficient (Wildman–Crippen LogP) is 3.73. The van der Waals surface area contributed by atoms with Gasteiger partial charge in [0.25, 0.3) is 0 Å². The second-order valence-corrected chi connectivity index (χ2v) is 4.69. The molecule has 2 aromatic rings. The molecule has 0 bridgehead atoms. The Morgan fingerprint density at radius 1 is 1.19 bits per heavy atom. The summed E-state index contributed by atoms with van der Waals surface area (Å²) in [5.41, 5.74) is 2.59. The maximum atomic E-state index is 5.94. The van der Waals surface area contributed by atoms with Crippen molar-refractivity contribution in [2.75, 3.05) is 0 Å². The zero-order chi connectivity index (χ0) is 11.4. The minimum atomic E-state index is 0.473. The highest BCUT2D eigenvalue weighted by Crippen LogP contribution is 2.26. The minimum absolute atomic E-state index is 0.473. The number of thioether (sulfide) groups is 1. The number of rotatable bonds is 3. The largest absolute Gasteiger partial charge is 0.245 e. The van der Waals surface area contributed by atoms with Crippen LogP contribution in [-0.4, -0.2) is 9.97 Å². The van der Waals surface area contributed by atoms with E-state index < -0.39 is 0 Å². The van der Waals surface area contributed by atoms with Gasteiger partial charge in [0, 0.05) is 18.1 Å². The second kappa shape index (κ2) is 5.32. The molecule has 2 rings (SSSR count). The highest BCUT2D eigenvalue weighted by atomic mass is 35.5. The Morgan fingerprint density at radius 2 is 1.94 bits per heavy atom. The maximum Gasteiger partial charge on any atom is 0.161 e. The Morgan fingerprint density at radius 3 is 2.69 bits per heavy atom. The normalized spacial score (nSPS) is 10.4. The number of hydrogen-bond donors (Lipinski definition) is 0. The van der Waals surface area contributed by atoms with Gasteiger partial charge < -0.3 is 0 Å². The van der Waals surface area contributed by atoms with Crippen LogP contribution in [0.2, 0.25) is 5.15 Å². The molecule has 16 heavy (non-hydrogen) atoms. The molecule has 0 fully saturated rings. The highest BCUT2D eigenvalue weighted by molar-refractivity contribution is 7.98. The third kappa shape index (κ3) is 2.74. The van der Waals surface area contributed by atoms with Crippen LogP contribution in [0.1, 0.15) is 11.1 Å². The molecule has 0 aliphatic heterocycles. The van der Waals surface area contributed by atoms with Crippen molar-refractivity contribution >= 4 is 23.4 Å². The van der Waals surface area contributed by atoms with Gasteiger partial charge in [0.1, 0.15) is 5.03 Å². The molecule has 1 aromatic carbocycles. The molecule has 0 unspecified atom stereocenters. The van der Waals surface area contributed by atoms with Crippen molar-refractivity contribution in [3.05, 3.63) is 52.9 Å². The third-order valence-electron chi connectivity index (χ3n) is 2.25. The molecule has 0 atom stereocenters. The molecule has 82 valence electrons. The Bertz CT molecular complexity index is 442. The zero-order valence-electron chi connectivity index (χ0n) is 8.85. The fourth-order valence-electron chi connectivity index (χ4n) is 1.32. The highest BCUT2D eigenvalue weighted by Gasteiger charge is 2.04. The topological polar surface area (TPSA) is 25.8 Å². The van der Waals surface area contributed by atoms with E-state index in [1.165, 1.54) is 11.1 Å². The standard InChI is InChI=1S/C12H11ClN2S/c1-9-4-2-3-5-10(9)8-16-12-11(13)14-6-7-15-12/h2-7H,8H2,1H3. The average molecular weight is 251 g/mol. The van der Waals surface area contributed by atoms with Crippen molar-refractivity contribution in [3.8, 4) is 0 Å². The minimum Gasteiger partial charge on any atom is -0.245 e. The molecule has 0 aliphatic rings. The molecule has 4 heteroatoms.